The Hall–Kier alpha value is -5.92. The van der Waals surface area contributed by atoms with Gasteiger partial charge < -0.3 is 57.8 Å². The van der Waals surface area contributed by atoms with E-state index >= 15 is 0 Å². The first kappa shape index (κ1) is 60.4. The number of nitrogens with one attached hydrogen (secondary N) is 1. The zero-order valence-corrected chi connectivity index (χ0v) is 42.0. The highest BCUT2D eigenvalue weighted by molar-refractivity contribution is 5.90. The smallest absolute Gasteiger partial charge is 0.487 e. The van der Waals surface area contributed by atoms with Gasteiger partial charge in [0, 0.05) is 0 Å². The van der Waals surface area contributed by atoms with Crippen LogP contribution in [0.1, 0.15) is 81.5 Å². The summed E-state index contributed by atoms with van der Waals surface area (Å²) in [6.07, 6.45) is 0.861. The minimum Gasteiger partial charge on any atom is -0.487 e. The first-order chi connectivity index (χ1) is 34.7. The minimum atomic E-state index is -5.08. The number of ether oxygens (including phenoxy) is 10. The van der Waals surface area contributed by atoms with Crippen LogP contribution < -0.4 is 24.3 Å². The fourth-order valence-corrected chi connectivity index (χ4v) is 6.73. The Labute approximate surface area is 421 Å². The van der Waals surface area contributed by atoms with E-state index in [1.807, 2.05) is 113 Å². The molecule has 0 unspecified atom stereocenters. The molecule has 0 aliphatic carbocycles. The van der Waals surface area contributed by atoms with Crippen molar-refractivity contribution in [1.82, 2.24) is 5.32 Å². The number of aryl methyl sites for hydroxylation is 4. The molecule has 1 heterocycles. The molecule has 18 heteroatoms. The van der Waals surface area contributed by atoms with E-state index < -0.39 is 12.1 Å². The van der Waals surface area contributed by atoms with Gasteiger partial charge in [0.2, 0.25) is 0 Å². The maximum absolute atomic E-state index is 12.1. The molecule has 2 N–H and O–H groups in total. The van der Waals surface area contributed by atoms with Crippen LogP contribution in [-0.2, 0) is 33.2 Å². The molecule has 0 spiro atoms. The maximum atomic E-state index is 12.1. The Morgan fingerprint density at radius 3 is 1.03 bits per heavy atom. The number of carboxylic acid groups (broad SMARTS) is 1. The van der Waals surface area contributed by atoms with E-state index in [0.717, 1.165) is 73.9 Å². The van der Waals surface area contributed by atoms with E-state index in [9.17, 15) is 22.8 Å². The molecule has 398 valence electrons. The van der Waals surface area contributed by atoms with Gasteiger partial charge in [-0.3, -0.25) is 0 Å². The number of carbonyl (C=O) groups excluding carboxylic acids is 2. The molecule has 0 atom stereocenters. The van der Waals surface area contributed by atoms with Crippen LogP contribution in [-0.4, -0.2) is 135 Å². The summed E-state index contributed by atoms with van der Waals surface area (Å²) >= 11 is 0. The number of aliphatic carboxylic acids is 1. The second-order valence-electron chi connectivity index (χ2n) is 16.4. The molecule has 1 aliphatic rings. The largest absolute Gasteiger partial charge is 0.490 e. The van der Waals surface area contributed by atoms with E-state index in [1.54, 1.807) is 0 Å². The Bertz CT molecular complexity index is 1920. The molecule has 5 rings (SSSR count). The van der Waals surface area contributed by atoms with Gasteiger partial charge in [-0.1, -0.05) is 58.7 Å². The van der Waals surface area contributed by atoms with Crippen molar-refractivity contribution in [2.24, 2.45) is 0 Å². The normalized spacial score (nSPS) is 14.2. The number of rotatable bonds is 14. The second kappa shape index (κ2) is 36.1. The highest BCUT2D eigenvalue weighted by Gasteiger charge is 2.38. The third-order valence-electron chi connectivity index (χ3n) is 10.0. The number of alkyl halides is 3. The number of carboxylic acids is 1. The van der Waals surface area contributed by atoms with Gasteiger partial charge in [0.15, 0.2) is 23.0 Å². The molecule has 4 aromatic carbocycles. The number of halogens is 3. The molecule has 0 fully saturated rings. The topological polar surface area (TPSA) is 176 Å². The van der Waals surface area contributed by atoms with Crippen LogP contribution in [0.4, 0.5) is 13.2 Å². The number of para-hydroxylation sites is 4. The number of hydrogen-bond donors (Lipinski definition) is 2. The molecule has 0 saturated carbocycles. The summed E-state index contributed by atoms with van der Waals surface area (Å²) in [5.41, 5.74) is 5.57. The first-order valence-corrected chi connectivity index (χ1v) is 24.2. The van der Waals surface area contributed by atoms with Crippen molar-refractivity contribution in [1.29, 1.82) is 0 Å². The molecular weight excluding hydrogens is 944 g/mol. The summed E-state index contributed by atoms with van der Waals surface area (Å²) in [5, 5.41) is 10.6. The molecule has 4 aromatic rings. The Balaban J connectivity index is 0.000000336. The van der Waals surface area contributed by atoms with Crippen molar-refractivity contribution >= 4 is 17.9 Å². The third kappa shape index (κ3) is 27.6. The predicted octanol–water partition coefficient (Wildman–Crippen LogP) is 9.48. The van der Waals surface area contributed by atoms with E-state index in [4.69, 9.17) is 57.3 Å². The SMILES string of the molecule is Cc1cc(C)cc(C(=O)OCCCCCNCCCCCOC(=O)c2cc(C)cc(C)c2)c1.O=C(O)C(F)(F)F.c1ccc2c(c1)OCCOCCOCCOc1ccccc1OCCOCCOCCO2. The minimum absolute atomic E-state index is 0.236. The summed E-state index contributed by atoms with van der Waals surface area (Å²) in [5.74, 6) is -0.498. The van der Waals surface area contributed by atoms with Crippen LogP contribution in [0, 0.1) is 27.7 Å². The number of hydrogen-bond acceptors (Lipinski definition) is 14. The van der Waals surface area contributed by atoms with Crippen molar-refractivity contribution in [2.45, 2.75) is 72.4 Å². The van der Waals surface area contributed by atoms with Gasteiger partial charge in [-0.05, 0) is 128 Å². The van der Waals surface area contributed by atoms with Crippen LogP contribution in [0.25, 0.3) is 0 Å². The molecule has 15 nitrogen and oxygen atoms in total. The lowest BCUT2D eigenvalue weighted by Gasteiger charge is -2.14. The van der Waals surface area contributed by atoms with Gasteiger partial charge in [-0.25, -0.2) is 14.4 Å². The second-order valence-corrected chi connectivity index (χ2v) is 16.4. The average molecular weight is 1020 g/mol. The van der Waals surface area contributed by atoms with E-state index in [-0.39, 0.29) is 11.9 Å². The average Bonchev–Trinajstić information content (AvgIpc) is 3.34. The number of carbonyl (C=O) groups is 3. The summed E-state index contributed by atoms with van der Waals surface area (Å²) in [7, 11) is 0. The van der Waals surface area contributed by atoms with Crippen molar-refractivity contribution < 1.29 is 80.0 Å². The Morgan fingerprint density at radius 2 is 0.750 bits per heavy atom. The monoisotopic (exact) mass is 1020 g/mol. The Kier molecular flexibility index (Phi) is 30.2. The molecule has 0 saturated heterocycles. The highest BCUT2D eigenvalue weighted by Crippen LogP contribution is 2.27. The van der Waals surface area contributed by atoms with Crippen LogP contribution >= 0.6 is 0 Å². The molecule has 72 heavy (non-hydrogen) atoms. The van der Waals surface area contributed by atoms with Gasteiger partial charge in [-0.2, -0.15) is 13.2 Å². The molecule has 0 radical (unpaired) electrons. The molecule has 0 aromatic heterocycles. The molecule has 0 bridgehead atoms. The summed E-state index contributed by atoms with van der Waals surface area (Å²) in [4.78, 5) is 33.1. The van der Waals surface area contributed by atoms with E-state index in [0.29, 0.717) is 127 Å². The number of esters is 2. The van der Waals surface area contributed by atoms with Crippen molar-refractivity contribution in [3.8, 4) is 23.0 Å². The predicted molar refractivity (Wildman–Crippen MR) is 265 cm³/mol. The van der Waals surface area contributed by atoms with Gasteiger partial charge in [-0.15, -0.1) is 0 Å². The lowest BCUT2D eigenvalue weighted by atomic mass is 10.1. The van der Waals surface area contributed by atoms with Crippen LogP contribution in [0.5, 0.6) is 23.0 Å². The van der Waals surface area contributed by atoms with Gasteiger partial charge in [0.05, 0.1) is 77.2 Å². The zero-order valence-electron chi connectivity index (χ0n) is 42.0. The molecule has 0 amide bonds. The van der Waals surface area contributed by atoms with Crippen LogP contribution in [0.3, 0.4) is 0 Å². The zero-order chi connectivity index (χ0) is 52.2. The van der Waals surface area contributed by atoms with Crippen molar-refractivity contribution in [2.75, 3.05) is 106 Å². The number of unbranched alkanes of at least 4 members (excludes halogenated alkanes) is 4. The fourth-order valence-electron chi connectivity index (χ4n) is 6.73. The van der Waals surface area contributed by atoms with Gasteiger partial charge in [0.1, 0.15) is 26.4 Å². The lowest BCUT2D eigenvalue weighted by molar-refractivity contribution is -0.192. The summed E-state index contributed by atoms with van der Waals surface area (Å²) in [6.45, 7) is 16.3. The third-order valence-corrected chi connectivity index (χ3v) is 10.0. The quantitative estimate of drug-likeness (QED) is 0.0902. The van der Waals surface area contributed by atoms with Gasteiger partial charge >= 0.3 is 24.1 Å². The Morgan fingerprint density at radius 1 is 0.472 bits per heavy atom. The highest BCUT2D eigenvalue weighted by atomic mass is 19.4. The lowest BCUT2D eigenvalue weighted by Crippen LogP contribution is -2.21. The van der Waals surface area contributed by atoms with Crippen molar-refractivity contribution in [3.05, 3.63) is 118 Å². The molecular formula is C54H72F3NO14. The van der Waals surface area contributed by atoms with E-state index in [1.165, 1.54) is 0 Å². The summed E-state index contributed by atoms with van der Waals surface area (Å²) < 4.78 is 87.8. The van der Waals surface area contributed by atoms with Crippen LogP contribution in [0.2, 0.25) is 0 Å². The summed E-state index contributed by atoms with van der Waals surface area (Å²) in [6, 6.07) is 26.7. The van der Waals surface area contributed by atoms with Gasteiger partial charge in [0.25, 0.3) is 0 Å². The maximum Gasteiger partial charge on any atom is 0.490 e. The van der Waals surface area contributed by atoms with E-state index in [2.05, 4.69) is 5.32 Å². The van der Waals surface area contributed by atoms with Crippen molar-refractivity contribution in [3.63, 3.8) is 0 Å². The van der Waals surface area contributed by atoms with Crippen LogP contribution in [0.15, 0.2) is 84.9 Å². The standard InChI is InChI=1S/C28H39NO4.C24H32O8.C2HF3O2/c1-21-15-22(2)18-25(17-21)27(30)32-13-9-5-7-11-29-12-8-6-10-14-33-28(31)26-19-23(3)16-24(4)20-26;1-2-6-22-21(5-1)29-17-13-25-9-10-27-15-19-31-23-7-3-4-8-24(23)32-20-16-28-12-11-26-14-18-30-22;3-2(4,5)1(6)7/h15-20,29H,5-14H2,1-4H3;1-8H,9-20H2;(H,6,7). The number of fused-ring (bicyclic) bond motifs is 2. The first-order valence-electron chi connectivity index (χ1n) is 24.2. The number of benzene rings is 4. The molecule has 1 aliphatic heterocycles. The fraction of sp³-hybridized carbons (Fsp3) is 0.500.